The summed E-state index contributed by atoms with van der Waals surface area (Å²) in [5.74, 6) is 0.859. The van der Waals surface area contributed by atoms with E-state index >= 15 is 0 Å². The van der Waals surface area contributed by atoms with Crippen LogP contribution in [0.3, 0.4) is 0 Å². The van der Waals surface area contributed by atoms with Crippen molar-refractivity contribution < 1.29 is 19.1 Å². The van der Waals surface area contributed by atoms with Crippen molar-refractivity contribution in [3.8, 4) is 5.75 Å². The summed E-state index contributed by atoms with van der Waals surface area (Å²) in [6.07, 6.45) is 0.738. The van der Waals surface area contributed by atoms with E-state index in [2.05, 4.69) is 0 Å². The molecule has 5 nitrogen and oxygen atoms in total. The molecule has 1 aliphatic rings. The maximum absolute atomic E-state index is 13.2. The zero-order chi connectivity index (χ0) is 21.5. The van der Waals surface area contributed by atoms with Crippen molar-refractivity contribution in [3.05, 3.63) is 70.6 Å². The molecule has 2 aromatic rings. The number of amides is 2. The maximum atomic E-state index is 13.2. The van der Waals surface area contributed by atoms with Crippen LogP contribution in [-0.2, 0) is 20.1 Å². The van der Waals surface area contributed by atoms with Crippen LogP contribution in [0.1, 0.15) is 31.4 Å². The third kappa shape index (κ3) is 5.32. The highest BCUT2D eigenvalue weighted by Crippen LogP contribution is 2.38. The first-order valence-corrected chi connectivity index (χ1v) is 11.0. The largest absolute Gasteiger partial charge is 0.497 e. The lowest BCUT2D eigenvalue weighted by Gasteiger charge is -2.16. The number of hydrogen-bond acceptors (Lipinski definition) is 5. The Morgan fingerprint density at radius 3 is 2.30 bits per heavy atom. The summed E-state index contributed by atoms with van der Waals surface area (Å²) in [4.78, 5) is 28.2. The summed E-state index contributed by atoms with van der Waals surface area (Å²) in [5.41, 5.74) is 2.30. The number of ether oxygens (including phenoxy) is 2. The number of carbonyl (C=O) groups is 2. The van der Waals surface area contributed by atoms with Gasteiger partial charge in [0.1, 0.15) is 5.75 Å². The Labute approximate surface area is 182 Å². The van der Waals surface area contributed by atoms with E-state index in [0.717, 1.165) is 11.1 Å². The Morgan fingerprint density at radius 2 is 1.67 bits per heavy atom. The van der Waals surface area contributed by atoms with Crippen molar-refractivity contribution in [1.29, 1.82) is 0 Å². The molecule has 0 radical (unpaired) electrons. The molecule has 0 fully saturated rings. The van der Waals surface area contributed by atoms with Crippen LogP contribution in [0.4, 0.5) is 0 Å². The number of nitrogens with zero attached hydrogens (tertiary/aromatic N) is 1. The van der Waals surface area contributed by atoms with Crippen molar-refractivity contribution in [2.75, 3.05) is 20.3 Å². The molecule has 2 amide bonds. The molecule has 0 saturated carbocycles. The first-order valence-electron chi connectivity index (χ1n) is 10.0. The van der Waals surface area contributed by atoms with E-state index < -0.39 is 0 Å². The quantitative estimate of drug-likeness (QED) is 0.414. The summed E-state index contributed by atoms with van der Waals surface area (Å²) in [7, 11) is 1.60. The van der Waals surface area contributed by atoms with Gasteiger partial charge in [0.15, 0.2) is 0 Å². The van der Waals surface area contributed by atoms with Crippen LogP contribution in [0.15, 0.2) is 59.5 Å². The summed E-state index contributed by atoms with van der Waals surface area (Å²) in [5, 5.41) is 0. The van der Waals surface area contributed by atoms with E-state index in [1.165, 1.54) is 16.7 Å². The number of hydrogen-bond donors (Lipinski definition) is 0. The number of rotatable bonds is 10. The second-order valence-corrected chi connectivity index (χ2v) is 8.23. The van der Waals surface area contributed by atoms with Crippen molar-refractivity contribution in [2.24, 2.45) is 0 Å². The van der Waals surface area contributed by atoms with E-state index in [4.69, 9.17) is 9.47 Å². The minimum absolute atomic E-state index is 0.125. The first-order chi connectivity index (χ1) is 14.5. The zero-order valence-electron chi connectivity index (χ0n) is 17.6. The zero-order valence-corrected chi connectivity index (χ0v) is 18.4. The summed E-state index contributed by atoms with van der Waals surface area (Å²) >= 11 is 1.41. The highest BCUT2D eigenvalue weighted by atomic mass is 32.2. The van der Waals surface area contributed by atoms with Gasteiger partial charge >= 0.3 is 0 Å². The molecule has 1 heterocycles. The minimum atomic E-state index is -0.245. The molecule has 0 saturated heterocycles. The minimum Gasteiger partial charge on any atom is -0.497 e. The van der Waals surface area contributed by atoms with E-state index in [-0.39, 0.29) is 17.9 Å². The van der Waals surface area contributed by atoms with Crippen LogP contribution >= 0.6 is 11.8 Å². The Hall–Kier alpha value is -2.57. The third-order valence-corrected chi connectivity index (χ3v) is 5.85. The Morgan fingerprint density at radius 1 is 0.967 bits per heavy atom. The van der Waals surface area contributed by atoms with Gasteiger partial charge in [-0.1, -0.05) is 42.5 Å². The smallest absolute Gasteiger partial charge is 0.267 e. The molecule has 0 atom stereocenters. The predicted molar refractivity (Wildman–Crippen MR) is 120 cm³/mol. The highest BCUT2D eigenvalue weighted by molar-refractivity contribution is 8.03. The van der Waals surface area contributed by atoms with Gasteiger partial charge in [0.25, 0.3) is 11.8 Å². The molecule has 30 heavy (non-hydrogen) atoms. The van der Waals surface area contributed by atoms with Crippen molar-refractivity contribution in [3.63, 3.8) is 0 Å². The third-order valence-electron chi connectivity index (χ3n) is 4.71. The van der Waals surface area contributed by atoms with Crippen LogP contribution in [0.25, 0.3) is 5.57 Å². The number of benzene rings is 2. The molecule has 2 aromatic carbocycles. The lowest BCUT2D eigenvalue weighted by Crippen LogP contribution is -2.33. The van der Waals surface area contributed by atoms with E-state index in [9.17, 15) is 9.59 Å². The number of imide groups is 1. The van der Waals surface area contributed by atoms with Gasteiger partial charge in [-0.15, -0.1) is 11.8 Å². The Kier molecular flexibility index (Phi) is 7.71. The van der Waals surface area contributed by atoms with Crippen molar-refractivity contribution in [1.82, 2.24) is 4.90 Å². The van der Waals surface area contributed by atoms with Crippen LogP contribution < -0.4 is 4.74 Å². The van der Waals surface area contributed by atoms with E-state index in [0.29, 0.717) is 41.6 Å². The predicted octanol–water partition coefficient (Wildman–Crippen LogP) is 4.52. The van der Waals surface area contributed by atoms with Crippen molar-refractivity contribution in [2.45, 2.75) is 32.1 Å². The second kappa shape index (κ2) is 10.5. The fourth-order valence-corrected chi connectivity index (χ4v) is 4.26. The topological polar surface area (TPSA) is 55.8 Å². The fourth-order valence-electron chi connectivity index (χ4n) is 3.17. The molecule has 0 aromatic heterocycles. The van der Waals surface area contributed by atoms with E-state index in [1.54, 1.807) is 19.2 Å². The van der Waals surface area contributed by atoms with Gasteiger partial charge in [0.2, 0.25) is 0 Å². The fraction of sp³-hybridized carbons (Fsp3) is 0.333. The van der Waals surface area contributed by atoms with Crippen LogP contribution in [0, 0.1) is 0 Å². The average molecular weight is 426 g/mol. The molecular weight excluding hydrogens is 398 g/mol. The molecule has 1 aliphatic heterocycles. The second-order valence-electron chi connectivity index (χ2n) is 7.24. The van der Waals surface area contributed by atoms with Gasteiger partial charge < -0.3 is 9.47 Å². The molecule has 0 aliphatic carbocycles. The van der Waals surface area contributed by atoms with Crippen LogP contribution in [0.2, 0.25) is 0 Å². The molecular formula is C24H27NO4S. The van der Waals surface area contributed by atoms with Gasteiger partial charge in [-0.05, 0) is 43.5 Å². The summed E-state index contributed by atoms with van der Waals surface area (Å²) < 4.78 is 10.8. The van der Waals surface area contributed by atoms with Gasteiger partial charge in [0, 0.05) is 18.9 Å². The monoisotopic (exact) mass is 425 g/mol. The van der Waals surface area contributed by atoms with Gasteiger partial charge in [-0.2, -0.15) is 0 Å². The molecule has 158 valence electrons. The van der Waals surface area contributed by atoms with Gasteiger partial charge in [-0.25, -0.2) is 0 Å². The van der Waals surface area contributed by atoms with Gasteiger partial charge in [0.05, 0.1) is 23.7 Å². The van der Waals surface area contributed by atoms with Crippen molar-refractivity contribution >= 4 is 29.1 Å². The Bertz CT molecular complexity index is 907. The molecule has 0 spiro atoms. The standard InChI is InChI=1S/C24H27NO4S/c1-17(2)29-15-7-14-25-23(26)21(19-10-12-20(28-3)13-11-19)22(24(25)27)30-16-18-8-5-4-6-9-18/h4-6,8-13,17H,7,14-16H2,1-3H3. The first kappa shape index (κ1) is 22.1. The molecule has 0 N–H and O–H groups in total. The molecule has 6 heteroatoms. The summed E-state index contributed by atoms with van der Waals surface area (Å²) in [6.45, 7) is 4.79. The normalized spacial score (nSPS) is 14.2. The molecule has 0 bridgehead atoms. The lowest BCUT2D eigenvalue weighted by molar-refractivity contribution is -0.136. The highest BCUT2D eigenvalue weighted by Gasteiger charge is 2.38. The lowest BCUT2D eigenvalue weighted by atomic mass is 10.1. The summed E-state index contributed by atoms with van der Waals surface area (Å²) in [6, 6.07) is 17.2. The average Bonchev–Trinajstić information content (AvgIpc) is 2.99. The Balaban J connectivity index is 1.83. The van der Waals surface area contributed by atoms with E-state index in [1.807, 2.05) is 56.3 Å². The molecule has 3 rings (SSSR count). The maximum Gasteiger partial charge on any atom is 0.267 e. The SMILES string of the molecule is COc1ccc(C2=C(SCc3ccccc3)C(=O)N(CCCOC(C)C)C2=O)cc1. The number of methoxy groups -OCH3 is 1. The van der Waals surface area contributed by atoms with Crippen LogP contribution in [0.5, 0.6) is 5.75 Å². The van der Waals surface area contributed by atoms with Gasteiger partial charge in [-0.3, -0.25) is 14.5 Å². The number of carbonyl (C=O) groups excluding carboxylic acids is 2. The number of thioether (sulfide) groups is 1. The van der Waals surface area contributed by atoms with Crippen LogP contribution in [-0.4, -0.2) is 43.1 Å². The molecule has 0 unspecified atom stereocenters.